The van der Waals surface area contributed by atoms with Crippen molar-refractivity contribution >= 4 is 5.78 Å². The number of hydrogen-bond donors (Lipinski definition) is 0. The molecule has 1 heterocycles. The Balaban J connectivity index is 2.38. The molecule has 2 nitrogen and oxygen atoms in total. The van der Waals surface area contributed by atoms with Gasteiger partial charge in [-0.2, -0.15) is 0 Å². The molecule has 0 aromatic rings. The summed E-state index contributed by atoms with van der Waals surface area (Å²) in [5, 5.41) is 0. The highest BCUT2D eigenvalue weighted by Gasteiger charge is 2.31. The molecule has 2 heteroatoms. The van der Waals surface area contributed by atoms with Crippen LogP contribution in [0.15, 0.2) is 0 Å². The summed E-state index contributed by atoms with van der Waals surface area (Å²) >= 11 is 0. The van der Waals surface area contributed by atoms with Gasteiger partial charge in [-0.05, 0) is 31.3 Å². The number of carbonyl (C=O) groups excluding carboxylic acids is 1. The zero-order valence-electron chi connectivity index (χ0n) is 10.5. The van der Waals surface area contributed by atoms with Crippen molar-refractivity contribution in [3.05, 3.63) is 0 Å². The van der Waals surface area contributed by atoms with Crippen LogP contribution in [0.4, 0.5) is 0 Å². The number of piperidine rings is 1. The Kier molecular flexibility index (Phi) is 4.78. The van der Waals surface area contributed by atoms with Crippen LogP contribution < -0.4 is 0 Å². The summed E-state index contributed by atoms with van der Waals surface area (Å²) in [6.07, 6.45) is 5.81. The third kappa shape index (κ3) is 3.30. The van der Waals surface area contributed by atoms with E-state index in [0.29, 0.717) is 24.2 Å². The molecule has 0 spiro atoms. The lowest BCUT2D eigenvalue weighted by Crippen LogP contribution is -2.41. The molecular formula is C13H25NO. The van der Waals surface area contributed by atoms with E-state index >= 15 is 0 Å². The van der Waals surface area contributed by atoms with Gasteiger partial charge in [0, 0.05) is 6.42 Å². The molecule has 0 atom stereocenters. The molecule has 0 saturated carbocycles. The highest BCUT2D eigenvalue weighted by molar-refractivity contribution is 5.80. The predicted octanol–water partition coefficient (Wildman–Crippen LogP) is 2.87. The first kappa shape index (κ1) is 12.7. The molecule has 0 unspecified atom stereocenters. The average molecular weight is 211 g/mol. The van der Waals surface area contributed by atoms with Crippen LogP contribution in [0, 0.1) is 5.41 Å². The van der Waals surface area contributed by atoms with Crippen LogP contribution >= 0.6 is 0 Å². The molecule has 88 valence electrons. The van der Waals surface area contributed by atoms with Crippen molar-refractivity contribution in [2.24, 2.45) is 5.41 Å². The van der Waals surface area contributed by atoms with Crippen LogP contribution in [-0.4, -0.2) is 30.3 Å². The number of nitrogens with zero attached hydrogens (tertiary/aromatic N) is 1. The van der Waals surface area contributed by atoms with Gasteiger partial charge >= 0.3 is 0 Å². The zero-order chi connectivity index (χ0) is 11.3. The number of rotatable bonds is 5. The molecule has 0 radical (unpaired) electrons. The number of hydrogen-bond acceptors (Lipinski definition) is 2. The number of ketones is 1. The summed E-state index contributed by atoms with van der Waals surface area (Å²) < 4.78 is 0. The van der Waals surface area contributed by atoms with Gasteiger partial charge in [-0.3, -0.25) is 9.69 Å². The summed E-state index contributed by atoms with van der Waals surface area (Å²) in [4.78, 5) is 13.7. The molecule has 1 fully saturated rings. The fourth-order valence-corrected chi connectivity index (χ4v) is 2.50. The Hall–Kier alpha value is -0.370. The van der Waals surface area contributed by atoms with Crippen molar-refractivity contribution in [3.8, 4) is 0 Å². The van der Waals surface area contributed by atoms with Gasteiger partial charge in [0.25, 0.3) is 0 Å². The molecule has 0 N–H and O–H groups in total. The smallest absolute Gasteiger partial charge is 0.146 e. The van der Waals surface area contributed by atoms with Gasteiger partial charge in [0.2, 0.25) is 0 Å². The Morgan fingerprint density at radius 1 is 1.13 bits per heavy atom. The minimum Gasteiger partial charge on any atom is -0.298 e. The van der Waals surface area contributed by atoms with Crippen molar-refractivity contribution in [2.45, 2.75) is 52.9 Å². The van der Waals surface area contributed by atoms with E-state index in [9.17, 15) is 4.79 Å². The third-order valence-electron chi connectivity index (χ3n) is 4.21. The minimum absolute atomic E-state index is 0.385. The zero-order valence-corrected chi connectivity index (χ0v) is 10.5. The lowest BCUT2D eigenvalue weighted by atomic mass is 9.74. The van der Waals surface area contributed by atoms with E-state index in [1.807, 2.05) is 6.92 Å². The molecule has 1 aliphatic heterocycles. The SMILES string of the molecule is CCC(=O)CN1CCC(CC)(CC)CC1. The molecule has 0 aliphatic carbocycles. The fraction of sp³-hybridized carbons (Fsp3) is 0.923. The summed E-state index contributed by atoms with van der Waals surface area (Å²) in [7, 11) is 0. The van der Waals surface area contributed by atoms with Crippen LogP contribution in [-0.2, 0) is 4.79 Å². The van der Waals surface area contributed by atoms with E-state index in [1.54, 1.807) is 0 Å². The molecule has 1 saturated heterocycles. The lowest BCUT2D eigenvalue weighted by molar-refractivity contribution is -0.120. The molecule has 1 rings (SSSR count). The maximum atomic E-state index is 11.3. The van der Waals surface area contributed by atoms with E-state index in [-0.39, 0.29) is 0 Å². The first-order chi connectivity index (χ1) is 7.15. The Bertz CT molecular complexity index is 199. The van der Waals surface area contributed by atoms with Crippen LogP contribution in [0.2, 0.25) is 0 Å². The van der Waals surface area contributed by atoms with Gasteiger partial charge in [0.05, 0.1) is 6.54 Å². The van der Waals surface area contributed by atoms with Crippen molar-refractivity contribution in [1.82, 2.24) is 4.90 Å². The normalized spacial score (nSPS) is 21.5. The molecular weight excluding hydrogens is 186 g/mol. The first-order valence-electron chi connectivity index (χ1n) is 6.40. The van der Waals surface area contributed by atoms with Crippen molar-refractivity contribution in [1.29, 1.82) is 0 Å². The summed E-state index contributed by atoms with van der Waals surface area (Å²) in [6, 6.07) is 0. The highest BCUT2D eigenvalue weighted by Crippen LogP contribution is 2.37. The van der Waals surface area contributed by atoms with Crippen molar-refractivity contribution < 1.29 is 4.79 Å². The van der Waals surface area contributed by atoms with Gasteiger partial charge in [0.15, 0.2) is 0 Å². The number of carbonyl (C=O) groups is 1. The second kappa shape index (κ2) is 5.64. The number of Topliss-reactive ketones (excluding diaryl/α,β-unsaturated/α-hetero) is 1. The second-order valence-electron chi connectivity index (χ2n) is 4.88. The monoisotopic (exact) mass is 211 g/mol. The second-order valence-corrected chi connectivity index (χ2v) is 4.88. The van der Waals surface area contributed by atoms with E-state index < -0.39 is 0 Å². The van der Waals surface area contributed by atoms with Crippen molar-refractivity contribution in [2.75, 3.05) is 19.6 Å². The third-order valence-corrected chi connectivity index (χ3v) is 4.21. The van der Waals surface area contributed by atoms with Crippen LogP contribution in [0.5, 0.6) is 0 Å². The topological polar surface area (TPSA) is 20.3 Å². The maximum absolute atomic E-state index is 11.3. The van der Waals surface area contributed by atoms with Crippen LogP contribution in [0.25, 0.3) is 0 Å². The Labute approximate surface area is 94.0 Å². The molecule has 0 amide bonds. The van der Waals surface area contributed by atoms with Crippen LogP contribution in [0.3, 0.4) is 0 Å². The van der Waals surface area contributed by atoms with Gasteiger partial charge < -0.3 is 0 Å². The van der Waals surface area contributed by atoms with Gasteiger partial charge in [-0.1, -0.05) is 33.6 Å². The lowest BCUT2D eigenvalue weighted by Gasteiger charge is -2.40. The maximum Gasteiger partial charge on any atom is 0.146 e. The molecule has 0 aromatic carbocycles. The van der Waals surface area contributed by atoms with Gasteiger partial charge in [-0.15, -0.1) is 0 Å². The van der Waals surface area contributed by atoms with E-state index in [0.717, 1.165) is 13.1 Å². The first-order valence-corrected chi connectivity index (χ1v) is 6.40. The van der Waals surface area contributed by atoms with Crippen molar-refractivity contribution in [3.63, 3.8) is 0 Å². The van der Waals surface area contributed by atoms with E-state index in [2.05, 4.69) is 18.7 Å². The molecule has 1 aliphatic rings. The average Bonchev–Trinajstić information content (AvgIpc) is 2.30. The fourth-order valence-electron chi connectivity index (χ4n) is 2.50. The van der Waals surface area contributed by atoms with Crippen LogP contribution in [0.1, 0.15) is 52.9 Å². The van der Waals surface area contributed by atoms with E-state index in [4.69, 9.17) is 0 Å². The molecule has 0 aromatic heterocycles. The summed E-state index contributed by atoms with van der Waals surface area (Å²) in [5.74, 6) is 0.385. The molecule has 15 heavy (non-hydrogen) atoms. The number of likely N-dealkylation sites (tertiary alicyclic amines) is 1. The molecule has 0 bridgehead atoms. The predicted molar refractivity (Wildman–Crippen MR) is 64.0 cm³/mol. The quantitative estimate of drug-likeness (QED) is 0.697. The minimum atomic E-state index is 0.385. The van der Waals surface area contributed by atoms with Gasteiger partial charge in [-0.25, -0.2) is 0 Å². The largest absolute Gasteiger partial charge is 0.298 e. The summed E-state index contributed by atoms with van der Waals surface area (Å²) in [5.41, 5.74) is 0.575. The standard InChI is InChI=1S/C13H25NO/c1-4-12(15)11-14-9-7-13(5-2,6-3)8-10-14/h4-11H2,1-3H3. The van der Waals surface area contributed by atoms with E-state index in [1.165, 1.54) is 25.7 Å². The Morgan fingerprint density at radius 2 is 1.67 bits per heavy atom. The summed E-state index contributed by atoms with van der Waals surface area (Å²) in [6.45, 7) is 9.47. The highest BCUT2D eigenvalue weighted by atomic mass is 16.1. The van der Waals surface area contributed by atoms with Gasteiger partial charge in [0.1, 0.15) is 5.78 Å². The Morgan fingerprint density at radius 3 is 2.07 bits per heavy atom.